The molecule has 0 aliphatic carbocycles. The molecule has 2 amide bonds. The summed E-state index contributed by atoms with van der Waals surface area (Å²) in [5.41, 5.74) is 0. The zero-order valence-electron chi connectivity index (χ0n) is 15.3. The van der Waals surface area contributed by atoms with E-state index >= 15 is 0 Å². The fraction of sp³-hybridized carbons (Fsp3) is 0.556. The molecule has 11 heteroatoms. The standard InChI is InChI=1S/C18H19F5N2O4/c19-17(20)9-12(25-8-2-1-3-15(25)26)10-24(11-17)16(27)28-13-4-6-14(7-5-13)29-18(21,22)23/h4-7,12H,1-3,8-11H2. The Morgan fingerprint density at radius 3 is 2.38 bits per heavy atom. The molecule has 29 heavy (non-hydrogen) atoms. The number of piperidine rings is 2. The third kappa shape index (κ3) is 5.70. The summed E-state index contributed by atoms with van der Waals surface area (Å²) < 4.78 is 73.6. The van der Waals surface area contributed by atoms with Gasteiger partial charge in [0.2, 0.25) is 5.91 Å². The van der Waals surface area contributed by atoms with Crippen LogP contribution in [0, 0.1) is 0 Å². The van der Waals surface area contributed by atoms with Crippen LogP contribution < -0.4 is 9.47 Å². The number of rotatable bonds is 3. The quantitative estimate of drug-likeness (QED) is 0.696. The lowest BCUT2D eigenvalue weighted by molar-refractivity contribution is -0.274. The number of ether oxygens (including phenoxy) is 2. The summed E-state index contributed by atoms with van der Waals surface area (Å²) in [7, 11) is 0. The van der Waals surface area contributed by atoms with E-state index in [0.29, 0.717) is 25.8 Å². The van der Waals surface area contributed by atoms with Gasteiger partial charge >= 0.3 is 12.5 Å². The summed E-state index contributed by atoms with van der Waals surface area (Å²) in [6.07, 6.45) is -4.75. The molecule has 2 aliphatic rings. The predicted molar refractivity (Wildman–Crippen MR) is 89.6 cm³/mol. The molecular formula is C18H19F5N2O4. The largest absolute Gasteiger partial charge is 0.573 e. The van der Waals surface area contributed by atoms with Gasteiger partial charge in [-0.15, -0.1) is 13.2 Å². The third-order valence-electron chi connectivity index (χ3n) is 4.71. The van der Waals surface area contributed by atoms with Crippen molar-refractivity contribution >= 4 is 12.0 Å². The topological polar surface area (TPSA) is 59.1 Å². The number of likely N-dealkylation sites (tertiary alicyclic amines) is 2. The van der Waals surface area contributed by atoms with E-state index in [0.717, 1.165) is 29.2 Å². The second-order valence-corrected chi connectivity index (χ2v) is 7.03. The van der Waals surface area contributed by atoms with Crippen LogP contribution in [0.5, 0.6) is 11.5 Å². The van der Waals surface area contributed by atoms with E-state index < -0.39 is 43.1 Å². The average Bonchev–Trinajstić information content (AvgIpc) is 2.61. The fourth-order valence-corrected chi connectivity index (χ4v) is 3.51. The van der Waals surface area contributed by atoms with Gasteiger partial charge in [-0.2, -0.15) is 0 Å². The van der Waals surface area contributed by atoms with Crippen molar-refractivity contribution in [2.45, 2.75) is 44.0 Å². The maximum Gasteiger partial charge on any atom is 0.573 e. The summed E-state index contributed by atoms with van der Waals surface area (Å²) >= 11 is 0. The molecule has 0 spiro atoms. The Labute approximate surface area is 163 Å². The first-order valence-electron chi connectivity index (χ1n) is 9.02. The zero-order chi connectivity index (χ0) is 21.2. The zero-order valence-corrected chi connectivity index (χ0v) is 15.3. The minimum atomic E-state index is -4.86. The van der Waals surface area contributed by atoms with Crippen molar-refractivity contribution in [1.82, 2.24) is 9.80 Å². The van der Waals surface area contributed by atoms with E-state index in [1.165, 1.54) is 4.90 Å². The van der Waals surface area contributed by atoms with E-state index in [1.807, 2.05) is 0 Å². The number of amides is 2. The molecule has 0 saturated carbocycles. The fourth-order valence-electron chi connectivity index (χ4n) is 3.51. The van der Waals surface area contributed by atoms with Crippen molar-refractivity contribution in [1.29, 1.82) is 0 Å². The molecule has 1 aromatic carbocycles. The average molecular weight is 422 g/mol. The molecular weight excluding hydrogens is 403 g/mol. The minimum Gasteiger partial charge on any atom is -0.410 e. The number of benzene rings is 1. The van der Waals surface area contributed by atoms with Crippen LogP contribution in [0.4, 0.5) is 26.7 Å². The van der Waals surface area contributed by atoms with Gasteiger partial charge in [0.05, 0.1) is 12.6 Å². The molecule has 0 bridgehead atoms. The van der Waals surface area contributed by atoms with Crippen LogP contribution in [-0.2, 0) is 4.79 Å². The van der Waals surface area contributed by atoms with Crippen molar-refractivity contribution in [2.24, 2.45) is 0 Å². The van der Waals surface area contributed by atoms with Crippen LogP contribution in [0.1, 0.15) is 25.7 Å². The Hall–Kier alpha value is -2.59. The van der Waals surface area contributed by atoms with Crippen molar-refractivity contribution in [3.8, 4) is 11.5 Å². The molecule has 0 aromatic heterocycles. The van der Waals surface area contributed by atoms with Gasteiger partial charge in [-0.1, -0.05) is 0 Å². The maximum atomic E-state index is 14.2. The highest BCUT2D eigenvalue weighted by Gasteiger charge is 2.45. The first kappa shape index (κ1) is 21.1. The van der Waals surface area contributed by atoms with Crippen LogP contribution in [-0.4, -0.2) is 59.8 Å². The summed E-state index contributed by atoms with van der Waals surface area (Å²) in [6, 6.07) is 3.19. The number of carbonyl (C=O) groups is 2. The molecule has 3 rings (SSSR count). The van der Waals surface area contributed by atoms with E-state index in [2.05, 4.69) is 4.74 Å². The van der Waals surface area contributed by atoms with E-state index in [-0.39, 0.29) is 18.2 Å². The second-order valence-electron chi connectivity index (χ2n) is 7.03. The highest BCUT2D eigenvalue weighted by Crippen LogP contribution is 2.32. The molecule has 1 atom stereocenters. The molecule has 6 nitrogen and oxygen atoms in total. The number of alkyl halides is 5. The van der Waals surface area contributed by atoms with Crippen molar-refractivity contribution in [3.05, 3.63) is 24.3 Å². The van der Waals surface area contributed by atoms with Gasteiger partial charge < -0.3 is 14.4 Å². The first-order chi connectivity index (χ1) is 13.5. The lowest BCUT2D eigenvalue weighted by Crippen LogP contribution is -2.59. The molecule has 2 heterocycles. The van der Waals surface area contributed by atoms with Gasteiger partial charge in [0, 0.05) is 25.9 Å². The summed E-state index contributed by atoms with van der Waals surface area (Å²) in [5.74, 6) is -4.04. The van der Waals surface area contributed by atoms with Gasteiger partial charge in [0.25, 0.3) is 5.92 Å². The Morgan fingerprint density at radius 1 is 1.10 bits per heavy atom. The van der Waals surface area contributed by atoms with Crippen molar-refractivity contribution < 1.29 is 41.0 Å². The Balaban J connectivity index is 1.65. The van der Waals surface area contributed by atoms with Crippen LogP contribution in [0.3, 0.4) is 0 Å². The minimum absolute atomic E-state index is 0.102. The molecule has 2 aliphatic heterocycles. The van der Waals surface area contributed by atoms with Gasteiger partial charge in [0.15, 0.2) is 0 Å². The van der Waals surface area contributed by atoms with E-state index in [1.54, 1.807) is 0 Å². The molecule has 2 saturated heterocycles. The van der Waals surface area contributed by atoms with Gasteiger partial charge in [-0.25, -0.2) is 13.6 Å². The number of halogens is 5. The Bertz CT molecular complexity index is 754. The number of hydrogen-bond donors (Lipinski definition) is 0. The third-order valence-corrected chi connectivity index (χ3v) is 4.71. The highest BCUT2D eigenvalue weighted by atomic mass is 19.4. The second kappa shape index (κ2) is 8.03. The monoisotopic (exact) mass is 422 g/mol. The van der Waals surface area contributed by atoms with Crippen LogP contribution in [0.15, 0.2) is 24.3 Å². The van der Waals surface area contributed by atoms with Crippen LogP contribution >= 0.6 is 0 Å². The lowest BCUT2D eigenvalue weighted by Gasteiger charge is -2.43. The number of hydrogen-bond acceptors (Lipinski definition) is 4. The number of carbonyl (C=O) groups excluding carboxylic acids is 2. The highest BCUT2D eigenvalue weighted by molar-refractivity contribution is 5.77. The van der Waals surface area contributed by atoms with Crippen LogP contribution in [0.25, 0.3) is 0 Å². The number of nitrogens with zero attached hydrogens (tertiary/aromatic N) is 2. The van der Waals surface area contributed by atoms with Crippen molar-refractivity contribution in [2.75, 3.05) is 19.6 Å². The summed E-state index contributed by atoms with van der Waals surface area (Å²) in [6.45, 7) is -0.599. The molecule has 0 N–H and O–H groups in total. The normalized spacial score (nSPS) is 22.4. The van der Waals surface area contributed by atoms with E-state index in [4.69, 9.17) is 4.74 Å². The Kier molecular flexibility index (Phi) is 5.85. The van der Waals surface area contributed by atoms with Crippen molar-refractivity contribution in [3.63, 3.8) is 0 Å². The molecule has 0 radical (unpaired) electrons. The Morgan fingerprint density at radius 2 is 1.76 bits per heavy atom. The summed E-state index contributed by atoms with van der Waals surface area (Å²) in [5, 5.41) is 0. The molecule has 2 fully saturated rings. The van der Waals surface area contributed by atoms with Gasteiger partial charge in [0.1, 0.15) is 11.5 Å². The first-order valence-corrected chi connectivity index (χ1v) is 9.02. The van der Waals surface area contributed by atoms with E-state index in [9.17, 15) is 31.5 Å². The lowest BCUT2D eigenvalue weighted by atomic mass is 9.98. The summed E-state index contributed by atoms with van der Waals surface area (Å²) in [4.78, 5) is 26.6. The van der Waals surface area contributed by atoms with Gasteiger partial charge in [-0.05, 0) is 37.1 Å². The van der Waals surface area contributed by atoms with Crippen LogP contribution in [0.2, 0.25) is 0 Å². The SMILES string of the molecule is O=C(Oc1ccc(OC(F)(F)F)cc1)N1CC(N2CCCCC2=O)CC(F)(F)C1. The maximum absolute atomic E-state index is 14.2. The predicted octanol–water partition coefficient (Wildman–Crippen LogP) is 3.81. The van der Waals surface area contributed by atoms with Gasteiger partial charge in [-0.3, -0.25) is 9.69 Å². The smallest absolute Gasteiger partial charge is 0.410 e. The molecule has 160 valence electrons. The molecule has 1 aromatic rings. The molecule has 1 unspecified atom stereocenters.